The van der Waals surface area contributed by atoms with Gasteiger partial charge in [-0.3, -0.25) is 9.59 Å². The molecule has 1 saturated heterocycles. The van der Waals surface area contributed by atoms with E-state index < -0.39 is 22.0 Å². The second-order valence-corrected chi connectivity index (χ2v) is 11.7. The zero-order valence-corrected chi connectivity index (χ0v) is 23.2. The Bertz CT molecular complexity index is 1780. The smallest absolute Gasteiger partial charge is 0.292 e. The number of carbonyl (C=O) groups excluding carboxylic acids is 2. The number of hydrogen-bond donors (Lipinski definition) is 1. The molecule has 0 aliphatic carbocycles. The molecule has 1 aliphatic heterocycles. The lowest BCUT2D eigenvalue weighted by Crippen LogP contribution is -2.57. The van der Waals surface area contributed by atoms with Gasteiger partial charge in [-0.2, -0.15) is 9.04 Å². The topological polar surface area (TPSA) is 147 Å². The van der Waals surface area contributed by atoms with Crippen LogP contribution in [0.5, 0.6) is 0 Å². The number of carbonyl (C=O) groups is 2. The van der Waals surface area contributed by atoms with Crippen LogP contribution >= 0.6 is 0 Å². The Balaban J connectivity index is 1.40. The maximum Gasteiger partial charge on any atom is 0.292 e. The summed E-state index contributed by atoms with van der Waals surface area (Å²) in [6.45, 7) is -0.0733. The quantitative estimate of drug-likeness (QED) is 0.207. The highest BCUT2D eigenvalue weighted by atomic mass is 32.2. The van der Waals surface area contributed by atoms with Crippen LogP contribution in [0.15, 0.2) is 66.1 Å². The fourth-order valence-corrected chi connectivity index (χ4v) is 6.18. The maximum atomic E-state index is 13.6. The van der Waals surface area contributed by atoms with Gasteiger partial charge in [0.1, 0.15) is 5.03 Å². The minimum Gasteiger partial charge on any atom is -0.618 e. The molecular weight excluding hydrogens is 546 g/mol. The molecule has 1 N–H and O–H groups in total. The summed E-state index contributed by atoms with van der Waals surface area (Å²) in [6.07, 6.45) is 9.49. The van der Waals surface area contributed by atoms with Crippen molar-refractivity contribution in [3.8, 4) is 23.6 Å². The van der Waals surface area contributed by atoms with E-state index in [1.165, 1.54) is 38.8 Å². The molecule has 4 aromatic rings. The Kier molecular flexibility index (Phi) is 7.44. The number of nitrogens with zero attached hydrogens (tertiary/aromatic N) is 6. The van der Waals surface area contributed by atoms with Gasteiger partial charge < -0.3 is 20.0 Å². The molecule has 5 rings (SSSR count). The number of aromatic amines is 1. The van der Waals surface area contributed by atoms with Crippen molar-refractivity contribution in [1.29, 1.82) is 0 Å². The summed E-state index contributed by atoms with van der Waals surface area (Å²) in [6, 6.07) is 10.8. The number of amides is 2. The van der Waals surface area contributed by atoms with Gasteiger partial charge in [-0.15, -0.1) is 6.42 Å². The van der Waals surface area contributed by atoms with Gasteiger partial charge in [-0.25, -0.2) is 18.4 Å². The van der Waals surface area contributed by atoms with Gasteiger partial charge in [0.25, 0.3) is 15.9 Å². The number of rotatable bonds is 6. The third-order valence-corrected chi connectivity index (χ3v) is 8.75. The van der Waals surface area contributed by atoms with E-state index in [0.29, 0.717) is 32.5 Å². The minimum atomic E-state index is -3.99. The monoisotopic (exact) mass is 573 g/mol. The first kappa shape index (κ1) is 27.8. The number of benzene rings is 1. The first-order chi connectivity index (χ1) is 19.6. The van der Waals surface area contributed by atoms with Crippen molar-refractivity contribution in [3.05, 3.63) is 77.7 Å². The van der Waals surface area contributed by atoms with Gasteiger partial charge in [0.2, 0.25) is 17.4 Å². The number of fused-ring (bicyclic) bond motifs is 1. The highest BCUT2D eigenvalue weighted by Crippen LogP contribution is 2.26. The molecule has 0 bridgehead atoms. The summed E-state index contributed by atoms with van der Waals surface area (Å²) in [5.41, 5.74) is 2.00. The lowest BCUT2D eigenvalue weighted by Gasteiger charge is -2.40. The van der Waals surface area contributed by atoms with Crippen LogP contribution in [0.1, 0.15) is 22.6 Å². The zero-order valence-electron chi connectivity index (χ0n) is 22.4. The lowest BCUT2D eigenvalue weighted by atomic mass is 10.1. The summed E-state index contributed by atoms with van der Waals surface area (Å²) in [5.74, 6) is 1.60. The van der Waals surface area contributed by atoms with Crippen LogP contribution in [0.25, 0.3) is 22.2 Å². The number of terminal acetylenes is 1. The lowest BCUT2D eigenvalue weighted by molar-refractivity contribution is -0.593. The molecule has 3 aromatic heterocycles. The van der Waals surface area contributed by atoms with E-state index in [1.54, 1.807) is 50.5 Å². The van der Waals surface area contributed by atoms with E-state index in [1.807, 2.05) is 0 Å². The molecule has 0 spiro atoms. The Morgan fingerprint density at radius 1 is 1.17 bits per heavy atom. The second kappa shape index (κ2) is 11.0. The third-order valence-electron chi connectivity index (χ3n) is 6.96. The first-order valence-corrected chi connectivity index (χ1v) is 14.1. The van der Waals surface area contributed by atoms with Crippen LogP contribution in [0.3, 0.4) is 0 Å². The van der Waals surface area contributed by atoms with Crippen molar-refractivity contribution < 1.29 is 22.7 Å². The Morgan fingerprint density at radius 3 is 2.61 bits per heavy atom. The summed E-state index contributed by atoms with van der Waals surface area (Å²) < 4.78 is 29.2. The van der Waals surface area contributed by atoms with Crippen molar-refractivity contribution in [3.63, 3.8) is 0 Å². The van der Waals surface area contributed by atoms with Crippen LogP contribution in [0, 0.1) is 17.6 Å². The van der Waals surface area contributed by atoms with Crippen molar-refractivity contribution >= 4 is 32.7 Å². The van der Waals surface area contributed by atoms with Crippen LogP contribution in [0.4, 0.5) is 0 Å². The molecule has 1 fully saturated rings. The molecular formula is C28H27N7O5S. The molecule has 1 atom stereocenters. The summed E-state index contributed by atoms with van der Waals surface area (Å²) in [5, 5.41) is 12.7. The molecule has 0 radical (unpaired) electrons. The largest absolute Gasteiger partial charge is 0.618 e. The number of sulfonamides is 1. The highest BCUT2D eigenvalue weighted by molar-refractivity contribution is 7.89. The first-order valence-electron chi connectivity index (χ1n) is 12.7. The minimum absolute atomic E-state index is 0.00395. The SMILES string of the molecule is C#Cc1ccc2[nH]c(S(=O)(=O)N3CCN(C(=O)c4ncc(-c5cccc[n+]5[O-])cn4)C(CC(=O)N(C)C)C3)cc2c1. The zero-order chi connectivity index (χ0) is 29.3. The molecule has 1 aliphatic rings. The fraction of sp³-hybridized carbons (Fsp3) is 0.250. The number of pyridine rings is 1. The van der Waals surface area contributed by atoms with Gasteiger partial charge in [0.15, 0.2) is 6.20 Å². The van der Waals surface area contributed by atoms with E-state index in [4.69, 9.17) is 6.42 Å². The Morgan fingerprint density at radius 2 is 1.93 bits per heavy atom. The summed E-state index contributed by atoms with van der Waals surface area (Å²) >= 11 is 0. The van der Waals surface area contributed by atoms with Gasteiger partial charge >= 0.3 is 0 Å². The van der Waals surface area contributed by atoms with Crippen molar-refractivity contribution in [2.45, 2.75) is 17.5 Å². The van der Waals surface area contributed by atoms with E-state index in [2.05, 4.69) is 20.9 Å². The number of H-pyrrole nitrogens is 1. The number of nitrogens with one attached hydrogen (secondary N) is 1. The van der Waals surface area contributed by atoms with E-state index in [0.717, 1.165) is 0 Å². The van der Waals surface area contributed by atoms with Gasteiger partial charge in [-0.1, -0.05) is 5.92 Å². The maximum absolute atomic E-state index is 13.6. The Hall–Kier alpha value is -4.80. The molecule has 13 heteroatoms. The van der Waals surface area contributed by atoms with Crippen molar-refractivity contribution in [1.82, 2.24) is 29.1 Å². The van der Waals surface area contributed by atoms with Crippen LogP contribution in [-0.2, 0) is 14.8 Å². The van der Waals surface area contributed by atoms with Gasteiger partial charge in [0.05, 0.1) is 11.6 Å². The number of aromatic nitrogens is 4. The van der Waals surface area contributed by atoms with Crippen molar-refractivity contribution in [2.75, 3.05) is 33.7 Å². The standard InChI is InChI=1S/C28H27N7O5S/c1-4-19-8-9-23-20(13-19)14-25(31-23)41(39,40)33-11-12-34(22(18-33)15-26(36)32(2)3)28(37)27-29-16-21(17-30-27)24-7-5-6-10-35(24)38/h1,5-10,13-14,16-17,22,31H,11-12,15,18H2,2-3H3. The molecule has 1 unspecified atom stereocenters. The molecule has 41 heavy (non-hydrogen) atoms. The number of hydrogen-bond acceptors (Lipinski definition) is 7. The molecule has 0 saturated carbocycles. The van der Waals surface area contributed by atoms with Crippen molar-refractivity contribution in [2.24, 2.45) is 0 Å². The van der Waals surface area contributed by atoms with E-state index in [9.17, 15) is 23.2 Å². The average Bonchev–Trinajstić information content (AvgIpc) is 3.41. The number of piperazine rings is 1. The third kappa shape index (κ3) is 5.47. The van der Waals surface area contributed by atoms with Gasteiger partial charge in [0, 0.05) is 81.1 Å². The summed E-state index contributed by atoms with van der Waals surface area (Å²) in [4.78, 5) is 40.3. The normalized spacial score (nSPS) is 15.9. The van der Waals surface area contributed by atoms with Crippen LogP contribution < -0.4 is 4.73 Å². The molecule has 1 aromatic carbocycles. The molecule has 210 valence electrons. The Labute approximate surface area is 236 Å². The van der Waals surface area contributed by atoms with Crippen LogP contribution in [0.2, 0.25) is 0 Å². The van der Waals surface area contributed by atoms with E-state index in [-0.39, 0.29) is 42.8 Å². The predicted molar refractivity (Wildman–Crippen MR) is 150 cm³/mol. The average molecular weight is 574 g/mol. The molecule has 4 heterocycles. The molecule has 12 nitrogen and oxygen atoms in total. The van der Waals surface area contributed by atoms with Gasteiger partial charge in [-0.05, 0) is 30.3 Å². The fourth-order valence-electron chi connectivity index (χ4n) is 4.70. The highest BCUT2D eigenvalue weighted by Gasteiger charge is 2.39. The van der Waals surface area contributed by atoms with Crippen LogP contribution in [-0.4, -0.2) is 89.1 Å². The second-order valence-electron chi connectivity index (χ2n) is 9.79. The summed E-state index contributed by atoms with van der Waals surface area (Å²) in [7, 11) is -0.803. The molecule has 2 amide bonds. The van der Waals surface area contributed by atoms with E-state index >= 15 is 0 Å². The predicted octanol–water partition coefficient (Wildman–Crippen LogP) is 1.23.